The van der Waals surface area contributed by atoms with Crippen molar-refractivity contribution in [2.24, 2.45) is 0 Å². The Morgan fingerprint density at radius 1 is 1.55 bits per heavy atom. The van der Waals surface area contributed by atoms with Crippen molar-refractivity contribution < 1.29 is 22.3 Å². The Bertz CT molecular complexity index is 533. The molecular weight excluding hydrogens is 294 g/mol. The van der Waals surface area contributed by atoms with Crippen LogP contribution in [-0.4, -0.2) is 53.7 Å². The third-order valence-electron chi connectivity index (χ3n) is 2.52. The SMILES string of the molecule is CCCn1cc(S(=O)(=O)N(CCO)CC(F)F)c(N)n1. The summed E-state index contributed by atoms with van der Waals surface area (Å²) in [6, 6.07) is 0. The fourth-order valence-corrected chi connectivity index (χ4v) is 3.14. The molecule has 7 nitrogen and oxygen atoms in total. The molecule has 0 bridgehead atoms. The smallest absolute Gasteiger partial charge is 0.252 e. The zero-order chi connectivity index (χ0) is 15.3. The number of hydrogen-bond acceptors (Lipinski definition) is 5. The number of rotatable bonds is 8. The molecule has 0 amide bonds. The van der Waals surface area contributed by atoms with E-state index in [9.17, 15) is 17.2 Å². The standard InChI is InChI=1S/C10H18F2N4O3S/c1-2-3-15-6-8(10(13)14-15)20(18,19)16(4-5-17)7-9(11)12/h6,9,17H,2-5,7H2,1H3,(H2,13,14). The summed E-state index contributed by atoms with van der Waals surface area (Å²) in [5.74, 6) is -0.240. The van der Waals surface area contributed by atoms with Crippen molar-refractivity contribution in [2.75, 3.05) is 25.4 Å². The Labute approximate surface area is 116 Å². The van der Waals surface area contributed by atoms with E-state index in [1.807, 2.05) is 6.92 Å². The minimum atomic E-state index is -4.20. The first-order valence-electron chi connectivity index (χ1n) is 6.05. The molecule has 0 spiro atoms. The van der Waals surface area contributed by atoms with Crippen molar-refractivity contribution in [1.29, 1.82) is 0 Å². The maximum absolute atomic E-state index is 12.4. The van der Waals surface area contributed by atoms with Crippen LogP contribution in [0.3, 0.4) is 0 Å². The van der Waals surface area contributed by atoms with Crippen LogP contribution in [0.25, 0.3) is 0 Å². The molecule has 1 aromatic heterocycles. The second-order valence-corrected chi connectivity index (χ2v) is 6.03. The second-order valence-electron chi connectivity index (χ2n) is 4.12. The fourth-order valence-electron chi connectivity index (χ4n) is 1.67. The summed E-state index contributed by atoms with van der Waals surface area (Å²) < 4.78 is 51.2. The number of aryl methyl sites for hydroxylation is 1. The topological polar surface area (TPSA) is 101 Å². The predicted molar refractivity (Wildman–Crippen MR) is 68.8 cm³/mol. The van der Waals surface area contributed by atoms with E-state index < -0.39 is 36.1 Å². The number of alkyl halides is 2. The van der Waals surface area contributed by atoms with Gasteiger partial charge in [0, 0.05) is 19.3 Å². The second kappa shape index (κ2) is 6.95. The van der Waals surface area contributed by atoms with Crippen molar-refractivity contribution in [3.63, 3.8) is 0 Å². The number of sulfonamides is 1. The van der Waals surface area contributed by atoms with Gasteiger partial charge < -0.3 is 10.8 Å². The van der Waals surface area contributed by atoms with E-state index in [4.69, 9.17) is 10.8 Å². The Balaban J connectivity index is 3.11. The number of aliphatic hydroxyl groups is 1. The van der Waals surface area contributed by atoms with Crippen LogP contribution in [0.4, 0.5) is 14.6 Å². The Hall–Kier alpha value is -1.26. The van der Waals surface area contributed by atoms with E-state index in [1.54, 1.807) is 0 Å². The lowest BCUT2D eigenvalue weighted by molar-refractivity contribution is 0.113. The quantitative estimate of drug-likeness (QED) is 0.710. The van der Waals surface area contributed by atoms with Crippen LogP contribution in [0.5, 0.6) is 0 Å². The highest BCUT2D eigenvalue weighted by molar-refractivity contribution is 7.89. The number of nitrogens with two attached hydrogens (primary N) is 1. The van der Waals surface area contributed by atoms with Gasteiger partial charge in [-0.3, -0.25) is 4.68 Å². The summed E-state index contributed by atoms with van der Waals surface area (Å²) in [5.41, 5.74) is 5.53. The first-order valence-corrected chi connectivity index (χ1v) is 7.49. The van der Waals surface area contributed by atoms with Gasteiger partial charge >= 0.3 is 0 Å². The molecule has 0 radical (unpaired) electrons. The molecule has 1 rings (SSSR count). The number of nitrogen functional groups attached to an aromatic ring is 1. The molecule has 0 aliphatic carbocycles. The van der Waals surface area contributed by atoms with Gasteiger partial charge in [0.2, 0.25) is 10.0 Å². The molecule has 0 aromatic carbocycles. The maximum Gasteiger partial charge on any atom is 0.252 e. The largest absolute Gasteiger partial charge is 0.395 e. The van der Waals surface area contributed by atoms with E-state index in [0.29, 0.717) is 10.8 Å². The third-order valence-corrected chi connectivity index (χ3v) is 4.40. The molecule has 116 valence electrons. The molecule has 1 aromatic rings. The summed E-state index contributed by atoms with van der Waals surface area (Å²) in [4.78, 5) is -0.319. The average molecular weight is 312 g/mol. The van der Waals surface area contributed by atoms with Crippen molar-refractivity contribution >= 4 is 15.8 Å². The van der Waals surface area contributed by atoms with Crippen LogP contribution in [0.15, 0.2) is 11.1 Å². The molecule has 0 saturated carbocycles. The minimum Gasteiger partial charge on any atom is -0.395 e. The number of aromatic nitrogens is 2. The van der Waals surface area contributed by atoms with E-state index in [0.717, 1.165) is 6.42 Å². The van der Waals surface area contributed by atoms with Crippen LogP contribution >= 0.6 is 0 Å². The van der Waals surface area contributed by atoms with Gasteiger partial charge in [-0.15, -0.1) is 0 Å². The lowest BCUT2D eigenvalue weighted by Gasteiger charge is -2.20. The van der Waals surface area contributed by atoms with Gasteiger partial charge in [0.05, 0.1) is 13.2 Å². The predicted octanol–water partition coefficient (Wildman–Crippen LogP) is 0.123. The Kier molecular flexibility index (Phi) is 5.84. The molecular formula is C10H18F2N4O3S. The number of halogens is 2. The molecule has 1 heterocycles. The van der Waals surface area contributed by atoms with Crippen LogP contribution in [-0.2, 0) is 16.6 Å². The Morgan fingerprint density at radius 3 is 2.70 bits per heavy atom. The highest BCUT2D eigenvalue weighted by Crippen LogP contribution is 2.22. The van der Waals surface area contributed by atoms with Gasteiger partial charge in [0.1, 0.15) is 4.90 Å². The molecule has 10 heteroatoms. The van der Waals surface area contributed by atoms with Crippen LogP contribution in [0.2, 0.25) is 0 Å². The Morgan fingerprint density at radius 2 is 2.20 bits per heavy atom. The number of anilines is 1. The monoisotopic (exact) mass is 312 g/mol. The number of hydrogen-bond donors (Lipinski definition) is 2. The summed E-state index contributed by atoms with van der Waals surface area (Å²) in [7, 11) is -4.20. The summed E-state index contributed by atoms with van der Waals surface area (Å²) in [5, 5.41) is 12.6. The number of nitrogens with zero attached hydrogens (tertiary/aromatic N) is 3. The normalized spacial score (nSPS) is 12.5. The fraction of sp³-hybridized carbons (Fsp3) is 0.700. The molecule has 20 heavy (non-hydrogen) atoms. The van der Waals surface area contributed by atoms with Gasteiger partial charge in [0.25, 0.3) is 6.43 Å². The molecule has 0 aliphatic heterocycles. The van der Waals surface area contributed by atoms with Gasteiger partial charge in [-0.1, -0.05) is 6.92 Å². The summed E-state index contributed by atoms with van der Waals surface area (Å²) in [6.07, 6.45) is -0.912. The third kappa shape index (κ3) is 3.87. The average Bonchev–Trinajstić information content (AvgIpc) is 2.70. The van der Waals surface area contributed by atoms with Crippen molar-refractivity contribution in [1.82, 2.24) is 14.1 Å². The molecule has 0 fully saturated rings. The molecule has 0 aliphatic rings. The van der Waals surface area contributed by atoms with Gasteiger partial charge in [-0.05, 0) is 6.42 Å². The van der Waals surface area contributed by atoms with E-state index >= 15 is 0 Å². The molecule has 0 saturated heterocycles. The summed E-state index contributed by atoms with van der Waals surface area (Å²) >= 11 is 0. The lowest BCUT2D eigenvalue weighted by atomic mass is 10.5. The molecule has 0 atom stereocenters. The minimum absolute atomic E-state index is 0.240. The maximum atomic E-state index is 12.4. The lowest BCUT2D eigenvalue weighted by Crippen LogP contribution is -2.37. The first-order chi connectivity index (χ1) is 9.32. The van der Waals surface area contributed by atoms with Crippen LogP contribution < -0.4 is 5.73 Å². The van der Waals surface area contributed by atoms with Gasteiger partial charge in [0.15, 0.2) is 5.82 Å². The van der Waals surface area contributed by atoms with E-state index in [-0.39, 0.29) is 10.7 Å². The van der Waals surface area contributed by atoms with Gasteiger partial charge in [-0.25, -0.2) is 17.2 Å². The molecule has 3 N–H and O–H groups in total. The van der Waals surface area contributed by atoms with Crippen molar-refractivity contribution in [3.05, 3.63) is 6.20 Å². The molecule has 0 unspecified atom stereocenters. The van der Waals surface area contributed by atoms with Crippen molar-refractivity contribution in [3.8, 4) is 0 Å². The zero-order valence-electron chi connectivity index (χ0n) is 11.0. The number of aliphatic hydroxyl groups excluding tert-OH is 1. The first kappa shape index (κ1) is 16.8. The highest BCUT2D eigenvalue weighted by Gasteiger charge is 2.30. The van der Waals surface area contributed by atoms with Crippen LogP contribution in [0.1, 0.15) is 13.3 Å². The van der Waals surface area contributed by atoms with Gasteiger partial charge in [-0.2, -0.15) is 9.40 Å². The van der Waals surface area contributed by atoms with Crippen molar-refractivity contribution in [2.45, 2.75) is 31.2 Å². The summed E-state index contributed by atoms with van der Waals surface area (Å²) in [6.45, 7) is 0.358. The van der Waals surface area contributed by atoms with E-state index in [2.05, 4.69) is 5.10 Å². The zero-order valence-corrected chi connectivity index (χ0v) is 11.9. The van der Waals surface area contributed by atoms with Crippen LogP contribution in [0, 0.1) is 0 Å². The van der Waals surface area contributed by atoms with E-state index in [1.165, 1.54) is 10.9 Å². The highest BCUT2D eigenvalue weighted by atomic mass is 32.2.